The molecule has 2 heterocycles. The lowest BCUT2D eigenvalue weighted by Gasteiger charge is -2.12. The summed E-state index contributed by atoms with van der Waals surface area (Å²) in [4.78, 5) is 0. The van der Waals surface area contributed by atoms with Crippen molar-refractivity contribution >= 4 is 32.7 Å². The summed E-state index contributed by atoms with van der Waals surface area (Å²) in [5.41, 5.74) is 4.82. The summed E-state index contributed by atoms with van der Waals surface area (Å²) < 4.78 is 40.6. The number of hydrogen-bond acceptors (Lipinski definition) is 1. The zero-order chi connectivity index (χ0) is 22.8. The smallest absolute Gasteiger partial charge is 0.216 e. The zero-order valence-electron chi connectivity index (χ0n) is 20.2. The Bertz CT molecular complexity index is 1510. The van der Waals surface area contributed by atoms with Crippen LogP contribution in [0.2, 0.25) is 0 Å². The molecule has 0 bridgehead atoms. The highest BCUT2D eigenvalue weighted by Crippen LogP contribution is 2.42. The second kappa shape index (κ2) is 6.20. The van der Waals surface area contributed by atoms with Crippen molar-refractivity contribution in [2.75, 3.05) is 0 Å². The highest BCUT2D eigenvalue weighted by molar-refractivity contribution is 6.23. The fraction of sp³-hybridized carbons (Fsp3) is 0.192. The molecule has 3 aromatic carbocycles. The Kier molecular flexibility index (Phi) is 2.90. The van der Waals surface area contributed by atoms with Crippen LogP contribution in [0.3, 0.4) is 0 Å². The van der Waals surface area contributed by atoms with Gasteiger partial charge in [-0.3, -0.25) is 0 Å². The number of benzene rings is 3. The molecule has 1 unspecified atom stereocenters. The van der Waals surface area contributed by atoms with Crippen molar-refractivity contribution in [2.24, 2.45) is 7.05 Å². The first kappa shape index (κ1) is 13.1. The van der Waals surface area contributed by atoms with E-state index in [2.05, 4.69) is 25.1 Å². The van der Waals surface area contributed by atoms with Crippen molar-refractivity contribution in [2.45, 2.75) is 26.6 Å². The summed E-state index contributed by atoms with van der Waals surface area (Å²) in [7, 11) is 1.93. The Hall–Kier alpha value is -3.13. The SMILES string of the molecule is [2H]C([2H])([2H])C([2H])(C)c1cc[n+](C)c(-c2c(C)c3ccccc3c3c2oc2ccccc23)c1. The Labute approximate surface area is 170 Å². The average Bonchev–Trinajstić information content (AvgIpc) is 3.13. The van der Waals surface area contributed by atoms with Gasteiger partial charge in [0.2, 0.25) is 5.69 Å². The number of nitrogens with zero attached hydrogens (tertiary/aromatic N) is 1. The lowest BCUT2D eigenvalue weighted by molar-refractivity contribution is -0.660. The largest absolute Gasteiger partial charge is 0.455 e. The van der Waals surface area contributed by atoms with Crippen molar-refractivity contribution in [1.29, 1.82) is 0 Å². The Morgan fingerprint density at radius 2 is 1.71 bits per heavy atom. The van der Waals surface area contributed by atoms with Crippen LogP contribution in [-0.2, 0) is 7.05 Å². The van der Waals surface area contributed by atoms with E-state index >= 15 is 0 Å². The molecule has 0 amide bonds. The third kappa shape index (κ3) is 2.37. The van der Waals surface area contributed by atoms with Gasteiger partial charge in [0.25, 0.3) is 0 Å². The van der Waals surface area contributed by atoms with Crippen LogP contribution in [0, 0.1) is 6.92 Å². The Morgan fingerprint density at radius 3 is 2.50 bits per heavy atom. The molecule has 0 saturated heterocycles. The van der Waals surface area contributed by atoms with Crippen LogP contribution in [0.1, 0.15) is 36.3 Å². The lowest BCUT2D eigenvalue weighted by Crippen LogP contribution is -2.31. The molecule has 0 fully saturated rings. The molecule has 5 rings (SSSR count). The molecule has 0 spiro atoms. The summed E-state index contributed by atoms with van der Waals surface area (Å²) in [6.07, 6.45) is 1.83. The van der Waals surface area contributed by atoms with Gasteiger partial charge in [-0.25, -0.2) is 4.57 Å². The molecule has 2 aromatic heterocycles. The van der Waals surface area contributed by atoms with Gasteiger partial charge in [-0.15, -0.1) is 0 Å². The fourth-order valence-corrected chi connectivity index (χ4v) is 4.18. The summed E-state index contributed by atoms with van der Waals surface area (Å²) in [6.45, 7) is 1.07. The third-order valence-corrected chi connectivity index (χ3v) is 5.64. The Morgan fingerprint density at radius 1 is 1.00 bits per heavy atom. The van der Waals surface area contributed by atoms with Gasteiger partial charge in [0.05, 0.1) is 5.56 Å². The molecule has 0 saturated carbocycles. The van der Waals surface area contributed by atoms with E-state index in [0.717, 1.165) is 49.5 Å². The van der Waals surface area contributed by atoms with Crippen molar-refractivity contribution in [3.8, 4) is 11.3 Å². The summed E-state index contributed by atoms with van der Waals surface area (Å²) in [6, 6.07) is 19.8. The van der Waals surface area contributed by atoms with Crippen LogP contribution in [-0.4, -0.2) is 0 Å². The summed E-state index contributed by atoms with van der Waals surface area (Å²) in [5, 5.41) is 4.34. The zero-order valence-corrected chi connectivity index (χ0v) is 16.2. The maximum absolute atomic E-state index is 8.59. The van der Waals surface area contributed by atoms with Gasteiger partial charge >= 0.3 is 0 Å². The van der Waals surface area contributed by atoms with Crippen molar-refractivity contribution < 1.29 is 14.5 Å². The Balaban J connectivity index is 1.94. The standard InChI is InChI=1S/C26H24NO/c1-16(2)18-13-14-27(4)22(15-18)24-17(3)19-9-5-6-10-20(19)25-21-11-7-8-12-23(21)28-26(24)25/h5-16H,1-4H3/q+1/i1D3,16D. The number of fused-ring (bicyclic) bond motifs is 5. The minimum Gasteiger partial charge on any atom is -0.455 e. The number of hydrogen-bond donors (Lipinski definition) is 0. The molecular formula is C26H24NO+. The highest BCUT2D eigenvalue weighted by Gasteiger charge is 2.24. The van der Waals surface area contributed by atoms with Gasteiger partial charge in [-0.05, 0) is 40.8 Å². The molecule has 5 aromatic rings. The van der Waals surface area contributed by atoms with E-state index in [-0.39, 0.29) is 0 Å². The van der Waals surface area contributed by atoms with Crippen LogP contribution in [0.5, 0.6) is 0 Å². The maximum Gasteiger partial charge on any atom is 0.216 e. The van der Waals surface area contributed by atoms with Gasteiger partial charge in [0.1, 0.15) is 18.2 Å². The predicted octanol–water partition coefficient (Wildman–Crippen LogP) is 6.66. The van der Waals surface area contributed by atoms with Gasteiger partial charge < -0.3 is 4.42 Å². The number of pyridine rings is 1. The highest BCUT2D eigenvalue weighted by atomic mass is 16.3. The number of furan rings is 1. The van der Waals surface area contributed by atoms with E-state index < -0.39 is 12.7 Å². The topological polar surface area (TPSA) is 17.0 Å². The molecule has 28 heavy (non-hydrogen) atoms. The molecule has 0 aliphatic carbocycles. The number of aryl methyl sites for hydroxylation is 2. The van der Waals surface area contributed by atoms with Crippen molar-refractivity contribution in [3.05, 3.63) is 78.0 Å². The van der Waals surface area contributed by atoms with Crippen molar-refractivity contribution in [1.82, 2.24) is 0 Å². The molecular weight excluding hydrogens is 342 g/mol. The van der Waals surface area contributed by atoms with E-state index in [9.17, 15) is 0 Å². The van der Waals surface area contributed by atoms with E-state index in [4.69, 9.17) is 9.90 Å². The summed E-state index contributed by atoms with van der Waals surface area (Å²) in [5.74, 6) is -1.73. The number of para-hydroxylation sites is 1. The van der Waals surface area contributed by atoms with E-state index in [0.29, 0.717) is 5.56 Å². The molecule has 2 nitrogen and oxygen atoms in total. The minimum absolute atomic E-state index is 0.447. The monoisotopic (exact) mass is 370 g/mol. The van der Waals surface area contributed by atoms with Gasteiger partial charge in [0.15, 0.2) is 6.20 Å². The number of aromatic nitrogens is 1. The van der Waals surface area contributed by atoms with E-state index in [1.54, 1.807) is 6.07 Å². The van der Waals surface area contributed by atoms with Crippen LogP contribution < -0.4 is 4.57 Å². The maximum atomic E-state index is 8.59. The second-order valence-corrected chi connectivity index (χ2v) is 7.38. The van der Waals surface area contributed by atoms with Crippen LogP contribution in [0.25, 0.3) is 44.0 Å². The van der Waals surface area contributed by atoms with Crippen molar-refractivity contribution in [3.63, 3.8) is 0 Å². The molecule has 0 aliphatic rings. The molecule has 0 aliphatic heterocycles. The number of rotatable bonds is 2. The molecule has 0 N–H and O–H groups in total. The minimum atomic E-state index is -2.45. The van der Waals surface area contributed by atoms with E-state index in [1.807, 2.05) is 54.2 Å². The van der Waals surface area contributed by atoms with Gasteiger partial charge in [-0.2, -0.15) is 0 Å². The fourth-order valence-electron chi connectivity index (χ4n) is 4.18. The normalized spacial score (nSPS) is 16.5. The molecule has 1 atom stereocenters. The van der Waals surface area contributed by atoms with E-state index in [1.165, 1.54) is 6.92 Å². The van der Waals surface area contributed by atoms with Gasteiger partial charge in [-0.1, -0.05) is 56.2 Å². The molecule has 0 radical (unpaired) electrons. The van der Waals surface area contributed by atoms with Crippen LogP contribution in [0.15, 0.2) is 71.3 Å². The quantitative estimate of drug-likeness (QED) is 0.317. The van der Waals surface area contributed by atoms with Crippen LogP contribution in [0.4, 0.5) is 0 Å². The summed E-state index contributed by atoms with van der Waals surface area (Å²) >= 11 is 0. The average molecular weight is 371 g/mol. The molecule has 2 heteroatoms. The van der Waals surface area contributed by atoms with Crippen LogP contribution >= 0.6 is 0 Å². The third-order valence-electron chi connectivity index (χ3n) is 5.64. The first-order valence-electron chi connectivity index (χ1n) is 11.4. The predicted molar refractivity (Wildman–Crippen MR) is 117 cm³/mol. The van der Waals surface area contributed by atoms with Gasteiger partial charge in [0, 0.05) is 28.4 Å². The second-order valence-electron chi connectivity index (χ2n) is 7.38. The first-order valence-corrected chi connectivity index (χ1v) is 9.44. The lowest BCUT2D eigenvalue weighted by atomic mass is 9.92. The first-order chi connectivity index (χ1) is 15.1. The molecule has 138 valence electrons.